The van der Waals surface area contributed by atoms with Crippen LogP contribution in [0.25, 0.3) is 21.3 Å². The minimum atomic E-state index is -0.309. The quantitative estimate of drug-likeness (QED) is 0.248. The van der Waals surface area contributed by atoms with Gasteiger partial charge in [0, 0.05) is 63.1 Å². The summed E-state index contributed by atoms with van der Waals surface area (Å²) in [6.07, 6.45) is 5.00. The van der Waals surface area contributed by atoms with E-state index in [1.807, 2.05) is 12.1 Å². The summed E-state index contributed by atoms with van der Waals surface area (Å²) in [5, 5.41) is 16.0. The number of methoxy groups -OCH3 is 1. The fourth-order valence-corrected chi connectivity index (χ4v) is 6.55. The first-order valence-electron chi connectivity index (χ1n) is 14.9. The summed E-state index contributed by atoms with van der Waals surface area (Å²) in [7, 11) is 3.79. The number of amides is 1. The van der Waals surface area contributed by atoms with Crippen LogP contribution in [0.3, 0.4) is 0 Å². The molecule has 0 radical (unpaired) electrons. The van der Waals surface area contributed by atoms with Gasteiger partial charge in [0.25, 0.3) is 0 Å². The predicted octanol–water partition coefficient (Wildman–Crippen LogP) is 4.89. The topological polar surface area (TPSA) is 112 Å². The second-order valence-electron chi connectivity index (χ2n) is 11.1. The van der Waals surface area contributed by atoms with Gasteiger partial charge < -0.3 is 25.2 Å². The maximum atomic E-state index is 13.4. The zero-order valence-corrected chi connectivity index (χ0v) is 26.2. The summed E-state index contributed by atoms with van der Waals surface area (Å²) in [6, 6.07) is 12.2. The number of carbonyl (C=O) groups excluding carboxylic acids is 1. The smallest absolute Gasteiger partial charge is 0.247 e. The normalized spacial score (nSPS) is 16.4. The zero-order chi connectivity index (χ0) is 31.3. The lowest BCUT2D eigenvalue weighted by atomic mass is 10.0. The Morgan fingerprint density at radius 3 is 2.47 bits per heavy atom. The first-order chi connectivity index (χ1) is 21.9. The monoisotopic (exact) mass is 629 g/mol. The van der Waals surface area contributed by atoms with Crippen LogP contribution in [-0.4, -0.2) is 95.3 Å². The Morgan fingerprint density at radius 2 is 1.76 bits per heavy atom. The van der Waals surface area contributed by atoms with Gasteiger partial charge >= 0.3 is 0 Å². The van der Waals surface area contributed by atoms with Crippen LogP contribution >= 0.6 is 11.3 Å². The van der Waals surface area contributed by atoms with Crippen LogP contribution in [0.2, 0.25) is 0 Å². The van der Waals surface area contributed by atoms with Crippen molar-refractivity contribution in [1.29, 1.82) is 0 Å². The number of benzene rings is 2. The summed E-state index contributed by atoms with van der Waals surface area (Å²) < 4.78 is 19.2. The average molecular weight is 630 g/mol. The third kappa shape index (κ3) is 7.11. The van der Waals surface area contributed by atoms with E-state index >= 15 is 0 Å². The third-order valence-corrected chi connectivity index (χ3v) is 9.25. The molecule has 4 heterocycles. The summed E-state index contributed by atoms with van der Waals surface area (Å²) in [4.78, 5) is 28.8. The highest BCUT2D eigenvalue weighted by molar-refractivity contribution is 7.17. The van der Waals surface area contributed by atoms with Crippen molar-refractivity contribution in [2.75, 3.05) is 69.0 Å². The van der Waals surface area contributed by atoms with Gasteiger partial charge in [-0.05, 0) is 62.4 Å². The number of aromatic nitrogens is 4. The highest BCUT2D eigenvalue weighted by atomic mass is 32.1. The SMILES string of the molecule is C=CC(=O)Nc1cc(Nc2nccc(-c3nnc(-c4ccc(F)cc4)s3)n2)c(OC)cc1N1CCC(N2CCN(C)CC2)CC1. The molecule has 1 amide bonds. The molecule has 13 heteroatoms. The molecule has 4 aromatic rings. The van der Waals surface area contributed by atoms with E-state index in [1.165, 1.54) is 29.5 Å². The van der Waals surface area contributed by atoms with Crippen molar-refractivity contribution < 1.29 is 13.9 Å². The number of halogens is 1. The number of anilines is 4. The number of rotatable bonds is 9. The molecule has 6 rings (SSSR count). The highest BCUT2D eigenvalue weighted by Crippen LogP contribution is 2.40. The van der Waals surface area contributed by atoms with Crippen LogP contribution in [0, 0.1) is 5.82 Å². The van der Waals surface area contributed by atoms with Gasteiger partial charge in [-0.25, -0.2) is 14.4 Å². The molecule has 11 nitrogen and oxygen atoms in total. The number of hydrogen-bond acceptors (Lipinski definition) is 11. The molecule has 45 heavy (non-hydrogen) atoms. The number of piperidine rings is 1. The second-order valence-corrected chi connectivity index (χ2v) is 12.1. The van der Waals surface area contributed by atoms with Crippen molar-refractivity contribution in [2.24, 2.45) is 0 Å². The third-order valence-electron chi connectivity index (χ3n) is 8.26. The maximum Gasteiger partial charge on any atom is 0.247 e. The van der Waals surface area contributed by atoms with Crippen molar-refractivity contribution in [3.8, 4) is 27.0 Å². The molecule has 0 bridgehead atoms. The van der Waals surface area contributed by atoms with Gasteiger partial charge in [0.05, 0.1) is 24.2 Å². The van der Waals surface area contributed by atoms with Gasteiger partial charge in [-0.3, -0.25) is 9.69 Å². The molecule has 0 saturated carbocycles. The van der Waals surface area contributed by atoms with Crippen molar-refractivity contribution in [3.63, 3.8) is 0 Å². The Labute approximate surface area is 265 Å². The molecule has 2 aromatic carbocycles. The van der Waals surface area contributed by atoms with E-state index in [0.29, 0.717) is 44.8 Å². The molecule has 2 aliphatic heterocycles. The zero-order valence-electron chi connectivity index (χ0n) is 25.4. The summed E-state index contributed by atoms with van der Waals surface area (Å²) in [5.41, 5.74) is 3.48. The van der Waals surface area contributed by atoms with Crippen molar-refractivity contribution >= 4 is 40.3 Å². The van der Waals surface area contributed by atoms with Crippen molar-refractivity contribution in [3.05, 3.63) is 67.1 Å². The van der Waals surface area contributed by atoms with Crippen molar-refractivity contribution in [2.45, 2.75) is 18.9 Å². The van der Waals surface area contributed by atoms with Crippen LogP contribution in [0.4, 0.5) is 27.4 Å². The number of nitrogens with zero attached hydrogens (tertiary/aromatic N) is 7. The van der Waals surface area contributed by atoms with Gasteiger partial charge in [0.15, 0.2) is 5.01 Å². The van der Waals surface area contributed by atoms with E-state index < -0.39 is 0 Å². The lowest BCUT2D eigenvalue weighted by Gasteiger charge is -2.43. The molecule has 0 unspecified atom stereocenters. The van der Waals surface area contributed by atoms with E-state index in [1.54, 1.807) is 31.5 Å². The van der Waals surface area contributed by atoms with E-state index in [2.05, 4.69) is 59.1 Å². The van der Waals surface area contributed by atoms with E-state index in [0.717, 1.165) is 63.4 Å². The van der Waals surface area contributed by atoms with Crippen LogP contribution < -0.4 is 20.3 Å². The molecule has 234 valence electrons. The Hall–Kier alpha value is -4.46. The molecule has 2 fully saturated rings. The average Bonchev–Trinajstić information content (AvgIpc) is 3.56. The first-order valence-corrected chi connectivity index (χ1v) is 15.7. The molecule has 0 spiro atoms. The first kappa shape index (κ1) is 30.6. The Morgan fingerprint density at radius 1 is 1.02 bits per heavy atom. The molecule has 2 N–H and O–H groups in total. The lowest BCUT2D eigenvalue weighted by molar-refractivity contribution is -0.111. The standard InChI is InChI=1S/C32H36FN9O2S/c1-4-29(43)35-25-19-26(28(44-3)20-27(25)42-13-10-23(11-14-42)41-17-15-40(2)16-18-41)37-32-34-12-9-24(36-32)31-39-38-30(45-31)21-5-7-22(33)8-6-21/h4-9,12,19-20,23H,1,10-11,13-18H2,2-3H3,(H,35,43)(H,34,36,37). The van der Waals surface area contributed by atoms with Crippen molar-refractivity contribution in [1.82, 2.24) is 30.0 Å². The maximum absolute atomic E-state index is 13.4. The van der Waals surface area contributed by atoms with E-state index in [-0.39, 0.29) is 11.7 Å². The number of hydrogen-bond donors (Lipinski definition) is 2. The largest absolute Gasteiger partial charge is 0.494 e. The summed E-state index contributed by atoms with van der Waals surface area (Å²) in [5.74, 6) is 0.306. The highest BCUT2D eigenvalue weighted by Gasteiger charge is 2.28. The fraction of sp³-hybridized carbons (Fsp3) is 0.344. The number of carbonyl (C=O) groups is 1. The number of likely N-dealkylation sites (N-methyl/N-ethyl adjacent to an activating group) is 1. The minimum absolute atomic E-state index is 0.300. The Balaban J connectivity index is 1.22. The molecule has 2 aromatic heterocycles. The van der Waals surface area contributed by atoms with Gasteiger partial charge in [0.1, 0.15) is 22.3 Å². The van der Waals surface area contributed by atoms with Crippen LogP contribution in [0.1, 0.15) is 12.8 Å². The Bertz CT molecular complexity index is 1650. The van der Waals surface area contributed by atoms with E-state index in [9.17, 15) is 9.18 Å². The molecule has 2 saturated heterocycles. The summed E-state index contributed by atoms with van der Waals surface area (Å²) in [6.45, 7) is 9.80. The molecule has 2 aliphatic rings. The predicted molar refractivity (Wildman–Crippen MR) is 176 cm³/mol. The second kappa shape index (κ2) is 13.7. The van der Waals surface area contributed by atoms with Gasteiger partial charge in [-0.1, -0.05) is 17.9 Å². The van der Waals surface area contributed by atoms with Crippen LogP contribution in [0.15, 0.2) is 61.3 Å². The fourth-order valence-electron chi connectivity index (χ4n) is 5.73. The van der Waals surface area contributed by atoms with E-state index in [4.69, 9.17) is 4.74 Å². The minimum Gasteiger partial charge on any atom is -0.494 e. The van der Waals surface area contributed by atoms with Gasteiger partial charge in [-0.15, -0.1) is 10.2 Å². The number of ether oxygens (including phenoxy) is 1. The molecule has 0 aliphatic carbocycles. The van der Waals surface area contributed by atoms with Crippen LogP contribution in [0.5, 0.6) is 5.75 Å². The lowest BCUT2D eigenvalue weighted by Crippen LogP contribution is -2.52. The molecular formula is C32H36FN9O2S. The molecule has 0 atom stereocenters. The van der Waals surface area contributed by atoms with Crippen LogP contribution in [-0.2, 0) is 4.79 Å². The van der Waals surface area contributed by atoms with Gasteiger partial charge in [-0.2, -0.15) is 0 Å². The number of nitrogens with one attached hydrogen (secondary N) is 2. The number of piperazine rings is 1. The Kier molecular flexibility index (Phi) is 9.29. The summed E-state index contributed by atoms with van der Waals surface area (Å²) >= 11 is 1.35. The molecular weight excluding hydrogens is 593 g/mol. The van der Waals surface area contributed by atoms with Gasteiger partial charge in [0.2, 0.25) is 11.9 Å².